The third kappa shape index (κ3) is 3.32. The minimum atomic E-state index is -0.304. The van der Waals surface area contributed by atoms with Gasteiger partial charge in [0, 0.05) is 13.2 Å². The van der Waals surface area contributed by atoms with Crippen LogP contribution in [0.25, 0.3) is 0 Å². The molecule has 0 aromatic heterocycles. The van der Waals surface area contributed by atoms with Crippen LogP contribution >= 0.6 is 0 Å². The number of carbonyl (C=O) groups is 1. The Labute approximate surface area is 78.8 Å². The van der Waals surface area contributed by atoms with E-state index in [1.54, 1.807) is 14.0 Å². The fourth-order valence-corrected chi connectivity index (χ4v) is 1.40. The molecule has 3 N–H and O–H groups in total. The first kappa shape index (κ1) is 10.5. The molecule has 1 aliphatic carbocycles. The lowest BCUT2D eigenvalue weighted by atomic mass is 10.1. The van der Waals surface area contributed by atoms with Gasteiger partial charge in [-0.25, -0.2) is 0 Å². The van der Waals surface area contributed by atoms with E-state index in [2.05, 4.69) is 5.32 Å². The summed E-state index contributed by atoms with van der Waals surface area (Å²) in [5.41, 5.74) is 5.16. The maximum Gasteiger partial charge on any atom is 0.234 e. The number of carbonyl (C=O) groups excluding carboxylic acids is 1. The van der Waals surface area contributed by atoms with Crippen molar-refractivity contribution < 1.29 is 9.53 Å². The van der Waals surface area contributed by atoms with Crippen molar-refractivity contribution in [2.24, 2.45) is 11.7 Å². The maximum atomic E-state index is 10.8. The van der Waals surface area contributed by atoms with Crippen LogP contribution in [0.15, 0.2) is 0 Å². The molecular weight excluding hydrogens is 168 g/mol. The molecule has 0 aliphatic heterocycles. The SMILES string of the molecule is COCC(NC(C)C(N)=O)C1CC1. The monoisotopic (exact) mass is 186 g/mol. The molecule has 1 amide bonds. The highest BCUT2D eigenvalue weighted by Crippen LogP contribution is 2.32. The molecule has 2 atom stereocenters. The number of hydrogen-bond donors (Lipinski definition) is 2. The summed E-state index contributed by atoms with van der Waals surface area (Å²) in [6, 6.07) is 0.0215. The second kappa shape index (κ2) is 4.58. The topological polar surface area (TPSA) is 64.3 Å². The number of primary amides is 1. The molecule has 1 fully saturated rings. The first-order valence-electron chi connectivity index (χ1n) is 4.69. The smallest absolute Gasteiger partial charge is 0.234 e. The van der Waals surface area contributed by atoms with Crippen molar-refractivity contribution in [3.8, 4) is 0 Å². The van der Waals surface area contributed by atoms with E-state index in [9.17, 15) is 4.79 Å². The summed E-state index contributed by atoms with van der Waals surface area (Å²) in [4.78, 5) is 10.8. The van der Waals surface area contributed by atoms with Gasteiger partial charge in [-0.05, 0) is 25.7 Å². The van der Waals surface area contributed by atoms with Crippen molar-refractivity contribution in [3.05, 3.63) is 0 Å². The highest BCUT2D eigenvalue weighted by Gasteiger charge is 2.32. The summed E-state index contributed by atoms with van der Waals surface area (Å²) in [7, 11) is 1.67. The molecule has 76 valence electrons. The van der Waals surface area contributed by atoms with Crippen molar-refractivity contribution in [1.82, 2.24) is 5.32 Å². The van der Waals surface area contributed by atoms with Crippen LogP contribution in [0.3, 0.4) is 0 Å². The molecule has 0 aromatic carbocycles. The van der Waals surface area contributed by atoms with E-state index in [4.69, 9.17) is 10.5 Å². The van der Waals surface area contributed by atoms with Crippen LogP contribution in [0.1, 0.15) is 19.8 Å². The molecule has 13 heavy (non-hydrogen) atoms. The van der Waals surface area contributed by atoms with Crippen molar-refractivity contribution in [2.75, 3.05) is 13.7 Å². The minimum Gasteiger partial charge on any atom is -0.383 e. The van der Waals surface area contributed by atoms with Gasteiger partial charge in [-0.2, -0.15) is 0 Å². The van der Waals surface area contributed by atoms with Crippen LogP contribution in [0.2, 0.25) is 0 Å². The fraction of sp³-hybridized carbons (Fsp3) is 0.889. The molecule has 0 saturated heterocycles. The Hall–Kier alpha value is -0.610. The normalized spacial score (nSPS) is 21.1. The summed E-state index contributed by atoms with van der Waals surface area (Å²) < 4.78 is 5.07. The summed E-state index contributed by atoms with van der Waals surface area (Å²) in [5.74, 6) is 0.364. The average Bonchev–Trinajstić information content (AvgIpc) is 2.85. The lowest BCUT2D eigenvalue weighted by molar-refractivity contribution is -0.119. The number of rotatable bonds is 6. The lowest BCUT2D eigenvalue weighted by Crippen LogP contribution is -2.47. The van der Waals surface area contributed by atoms with Crippen molar-refractivity contribution in [2.45, 2.75) is 31.8 Å². The molecule has 0 spiro atoms. The Kier molecular flexibility index (Phi) is 3.69. The number of methoxy groups -OCH3 is 1. The number of ether oxygens (including phenoxy) is 1. The zero-order valence-electron chi connectivity index (χ0n) is 8.25. The molecule has 0 heterocycles. The standard InChI is InChI=1S/C9H18N2O2/c1-6(9(10)12)11-8(5-13-2)7-3-4-7/h6-8,11H,3-5H2,1-2H3,(H2,10,12). The third-order valence-corrected chi connectivity index (χ3v) is 2.43. The summed E-state index contributed by atoms with van der Waals surface area (Å²) in [5, 5.41) is 3.18. The number of nitrogens with two attached hydrogens (primary N) is 1. The summed E-state index contributed by atoms with van der Waals surface area (Å²) >= 11 is 0. The van der Waals surface area contributed by atoms with Gasteiger partial charge in [-0.1, -0.05) is 0 Å². The van der Waals surface area contributed by atoms with Crippen LogP contribution in [0.5, 0.6) is 0 Å². The Morgan fingerprint density at radius 1 is 1.69 bits per heavy atom. The first-order chi connectivity index (χ1) is 6.15. The lowest BCUT2D eigenvalue weighted by Gasteiger charge is -2.20. The van der Waals surface area contributed by atoms with E-state index in [-0.39, 0.29) is 18.0 Å². The third-order valence-electron chi connectivity index (χ3n) is 2.43. The van der Waals surface area contributed by atoms with Crippen LogP contribution < -0.4 is 11.1 Å². The van der Waals surface area contributed by atoms with Gasteiger partial charge < -0.3 is 15.8 Å². The van der Waals surface area contributed by atoms with E-state index in [0.29, 0.717) is 12.5 Å². The highest BCUT2D eigenvalue weighted by molar-refractivity contribution is 5.79. The largest absolute Gasteiger partial charge is 0.383 e. The maximum absolute atomic E-state index is 10.8. The van der Waals surface area contributed by atoms with E-state index < -0.39 is 0 Å². The quantitative estimate of drug-likeness (QED) is 0.607. The van der Waals surface area contributed by atoms with Gasteiger partial charge in [0.1, 0.15) is 0 Å². The molecule has 4 heteroatoms. The van der Waals surface area contributed by atoms with Gasteiger partial charge in [0.2, 0.25) is 5.91 Å². The Bertz CT molecular complexity index is 180. The Morgan fingerprint density at radius 3 is 2.69 bits per heavy atom. The zero-order valence-corrected chi connectivity index (χ0v) is 8.25. The molecule has 0 radical (unpaired) electrons. The Balaban J connectivity index is 2.32. The molecule has 1 rings (SSSR count). The zero-order chi connectivity index (χ0) is 9.84. The number of amides is 1. The van der Waals surface area contributed by atoms with E-state index >= 15 is 0 Å². The molecule has 0 aromatic rings. The fourth-order valence-electron chi connectivity index (χ4n) is 1.40. The van der Waals surface area contributed by atoms with Crippen molar-refractivity contribution >= 4 is 5.91 Å². The van der Waals surface area contributed by atoms with Crippen LogP contribution in [-0.4, -0.2) is 31.7 Å². The molecule has 0 bridgehead atoms. The second-order valence-corrected chi connectivity index (χ2v) is 3.69. The van der Waals surface area contributed by atoms with Gasteiger partial charge in [0.05, 0.1) is 12.6 Å². The Morgan fingerprint density at radius 2 is 2.31 bits per heavy atom. The molecule has 1 saturated carbocycles. The van der Waals surface area contributed by atoms with Crippen LogP contribution in [-0.2, 0) is 9.53 Å². The van der Waals surface area contributed by atoms with Gasteiger partial charge in [0.15, 0.2) is 0 Å². The number of nitrogens with one attached hydrogen (secondary N) is 1. The van der Waals surface area contributed by atoms with Crippen molar-refractivity contribution in [1.29, 1.82) is 0 Å². The van der Waals surface area contributed by atoms with Crippen LogP contribution in [0, 0.1) is 5.92 Å². The summed E-state index contributed by atoms with van der Waals surface area (Å²) in [6.07, 6.45) is 2.46. The van der Waals surface area contributed by atoms with Crippen molar-refractivity contribution in [3.63, 3.8) is 0 Å². The average molecular weight is 186 g/mol. The molecule has 2 unspecified atom stereocenters. The highest BCUT2D eigenvalue weighted by atomic mass is 16.5. The van der Waals surface area contributed by atoms with Crippen LogP contribution in [0.4, 0.5) is 0 Å². The minimum absolute atomic E-state index is 0.263. The molecule has 4 nitrogen and oxygen atoms in total. The molecular formula is C9H18N2O2. The number of hydrogen-bond acceptors (Lipinski definition) is 3. The van der Waals surface area contributed by atoms with E-state index in [1.807, 2.05) is 0 Å². The summed E-state index contributed by atoms with van der Waals surface area (Å²) in [6.45, 7) is 2.44. The predicted octanol–water partition coefficient (Wildman–Crippen LogP) is -0.125. The van der Waals surface area contributed by atoms with Gasteiger partial charge in [0.25, 0.3) is 0 Å². The molecule has 1 aliphatic rings. The van der Waals surface area contributed by atoms with Gasteiger partial charge in [-0.3, -0.25) is 4.79 Å². The second-order valence-electron chi connectivity index (χ2n) is 3.69. The van der Waals surface area contributed by atoms with E-state index in [0.717, 1.165) is 0 Å². The predicted molar refractivity (Wildman–Crippen MR) is 50.2 cm³/mol. The van der Waals surface area contributed by atoms with E-state index in [1.165, 1.54) is 12.8 Å². The first-order valence-corrected chi connectivity index (χ1v) is 4.69. The van der Waals surface area contributed by atoms with Gasteiger partial charge >= 0.3 is 0 Å². The van der Waals surface area contributed by atoms with Gasteiger partial charge in [-0.15, -0.1) is 0 Å².